The van der Waals surface area contributed by atoms with Gasteiger partial charge in [-0.2, -0.15) is 4.31 Å². The Kier molecular flexibility index (Phi) is 5.79. The Hall–Kier alpha value is -0.470. The van der Waals surface area contributed by atoms with E-state index in [9.17, 15) is 8.42 Å². The molecule has 0 bridgehead atoms. The standard InChI is InChI=1S/C14H25N3O2S2/c1-4-12-11-17(10-9-16(12)3)21(18,19)14-6-5-13(20-14)7-8-15-2/h5-6,12,15H,4,7-11H2,1-3H3. The van der Waals surface area contributed by atoms with Crippen LogP contribution in [0.4, 0.5) is 0 Å². The molecule has 0 radical (unpaired) electrons. The molecule has 0 spiro atoms. The smallest absolute Gasteiger partial charge is 0.252 e. The van der Waals surface area contributed by atoms with Crippen molar-refractivity contribution in [2.45, 2.75) is 30.0 Å². The van der Waals surface area contributed by atoms with E-state index < -0.39 is 10.0 Å². The quantitative estimate of drug-likeness (QED) is 0.852. The molecule has 1 saturated heterocycles. The zero-order chi connectivity index (χ0) is 15.5. The third kappa shape index (κ3) is 3.84. The molecule has 1 aromatic rings. The van der Waals surface area contributed by atoms with E-state index in [0.717, 1.165) is 30.8 Å². The Balaban J connectivity index is 2.12. The molecule has 5 nitrogen and oxygen atoms in total. The molecular weight excluding hydrogens is 306 g/mol. The fourth-order valence-corrected chi connectivity index (χ4v) is 5.56. The van der Waals surface area contributed by atoms with Gasteiger partial charge in [-0.15, -0.1) is 11.3 Å². The molecule has 0 saturated carbocycles. The lowest BCUT2D eigenvalue weighted by molar-refractivity contribution is 0.144. The van der Waals surface area contributed by atoms with Gasteiger partial charge in [-0.1, -0.05) is 6.92 Å². The van der Waals surface area contributed by atoms with Gasteiger partial charge in [-0.25, -0.2) is 8.42 Å². The van der Waals surface area contributed by atoms with Crippen molar-refractivity contribution in [3.8, 4) is 0 Å². The van der Waals surface area contributed by atoms with E-state index in [-0.39, 0.29) is 0 Å². The Labute approximate surface area is 132 Å². The highest BCUT2D eigenvalue weighted by Gasteiger charge is 2.32. The minimum Gasteiger partial charge on any atom is -0.319 e. The SMILES string of the molecule is CCC1CN(S(=O)(=O)c2ccc(CCNC)s2)CCN1C. The van der Waals surface area contributed by atoms with E-state index in [1.807, 2.05) is 13.1 Å². The number of rotatable bonds is 6. The summed E-state index contributed by atoms with van der Waals surface area (Å²) < 4.78 is 27.6. The van der Waals surface area contributed by atoms with Gasteiger partial charge >= 0.3 is 0 Å². The summed E-state index contributed by atoms with van der Waals surface area (Å²) in [5, 5.41) is 3.09. The number of nitrogens with one attached hydrogen (secondary N) is 1. The largest absolute Gasteiger partial charge is 0.319 e. The Morgan fingerprint density at radius 3 is 2.81 bits per heavy atom. The van der Waals surface area contributed by atoms with Crippen LogP contribution in [0.3, 0.4) is 0 Å². The predicted octanol–water partition coefficient (Wildman–Crippen LogP) is 1.22. The van der Waals surface area contributed by atoms with Crippen LogP contribution in [-0.2, 0) is 16.4 Å². The highest BCUT2D eigenvalue weighted by Crippen LogP contribution is 2.27. The monoisotopic (exact) mass is 331 g/mol. The van der Waals surface area contributed by atoms with Crippen molar-refractivity contribution in [2.24, 2.45) is 0 Å². The maximum absolute atomic E-state index is 12.7. The summed E-state index contributed by atoms with van der Waals surface area (Å²) >= 11 is 1.40. The lowest BCUT2D eigenvalue weighted by atomic mass is 10.1. The first kappa shape index (κ1) is 16.9. The molecule has 1 fully saturated rings. The summed E-state index contributed by atoms with van der Waals surface area (Å²) in [5.74, 6) is 0. The molecular formula is C14H25N3O2S2. The topological polar surface area (TPSA) is 52.7 Å². The van der Waals surface area contributed by atoms with Gasteiger partial charge < -0.3 is 10.2 Å². The van der Waals surface area contributed by atoms with Crippen molar-refractivity contribution in [1.29, 1.82) is 0 Å². The molecule has 1 aliphatic rings. The predicted molar refractivity (Wildman–Crippen MR) is 87.4 cm³/mol. The van der Waals surface area contributed by atoms with Crippen molar-refractivity contribution >= 4 is 21.4 Å². The average molecular weight is 332 g/mol. The van der Waals surface area contributed by atoms with Crippen molar-refractivity contribution in [1.82, 2.24) is 14.5 Å². The average Bonchev–Trinajstić information content (AvgIpc) is 2.95. The maximum atomic E-state index is 12.7. The van der Waals surface area contributed by atoms with Crippen molar-refractivity contribution in [2.75, 3.05) is 40.3 Å². The van der Waals surface area contributed by atoms with Crippen LogP contribution in [0.5, 0.6) is 0 Å². The van der Waals surface area contributed by atoms with Gasteiger partial charge in [-0.05, 0) is 45.6 Å². The molecule has 2 heterocycles. The molecule has 1 N–H and O–H groups in total. The van der Waals surface area contributed by atoms with Crippen LogP contribution >= 0.6 is 11.3 Å². The van der Waals surface area contributed by atoms with Gasteiger partial charge in [0, 0.05) is 30.6 Å². The molecule has 7 heteroatoms. The number of hydrogen-bond donors (Lipinski definition) is 1. The number of nitrogens with zero attached hydrogens (tertiary/aromatic N) is 2. The molecule has 120 valence electrons. The lowest BCUT2D eigenvalue weighted by Gasteiger charge is -2.38. The highest BCUT2D eigenvalue weighted by molar-refractivity contribution is 7.91. The van der Waals surface area contributed by atoms with Gasteiger partial charge in [0.25, 0.3) is 10.0 Å². The van der Waals surface area contributed by atoms with E-state index in [1.165, 1.54) is 11.3 Å². The molecule has 0 amide bonds. The zero-order valence-corrected chi connectivity index (χ0v) is 14.6. The molecule has 1 atom stereocenters. The number of likely N-dealkylation sites (N-methyl/N-ethyl adjacent to an activating group) is 2. The van der Waals surface area contributed by atoms with E-state index in [1.54, 1.807) is 10.4 Å². The molecule has 0 aliphatic carbocycles. The Morgan fingerprint density at radius 1 is 1.38 bits per heavy atom. The highest BCUT2D eigenvalue weighted by atomic mass is 32.2. The normalized spacial score (nSPS) is 21.8. The van der Waals surface area contributed by atoms with Crippen LogP contribution in [0.1, 0.15) is 18.2 Å². The summed E-state index contributed by atoms with van der Waals surface area (Å²) in [6.45, 7) is 4.96. The number of sulfonamides is 1. The molecule has 1 aromatic heterocycles. The van der Waals surface area contributed by atoms with Gasteiger partial charge in [0.2, 0.25) is 0 Å². The third-order valence-corrected chi connectivity index (χ3v) is 7.54. The van der Waals surface area contributed by atoms with Gasteiger partial charge in [0.15, 0.2) is 0 Å². The van der Waals surface area contributed by atoms with Crippen LogP contribution in [0, 0.1) is 0 Å². The fraction of sp³-hybridized carbons (Fsp3) is 0.714. The number of hydrogen-bond acceptors (Lipinski definition) is 5. The van der Waals surface area contributed by atoms with Crippen LogP contribution in [0.15, 0.2) is 16.3 Å². The molecule has 1 aliphatic heterocycles. The Bertz CT molecular complexity index is 556. The van der Waals surface area contributed by atoms with Gasteiger partial charge in [0.1, 0.15) is 4.21 Å². The summed E-state index contributed by atoms with van der Waals surface area (Å²) in [6.07, 6.45) is 1.84. The van der Waals surface area contributed by atoms with Crippen molar-refractivity contribution in [3.05, 3.63) is 17.0 Å². The summed E-state index contributed by atoms with van der Waals surface area (Å²) in [6, 6.07) is 4.00. The molecule has 21 heavy (non-hydrogen) atoms. The molecule has 1 unspecified atom stereocenters. The van der Waals surface area contributed by atoms with Crippen LogP contribution in [0.25, 0.3) is 0 Å². The van der Waals surface area contributed by atoms with E-state index in [0.29, 0.717) is 23.3 Å². The minimum atomic E-state index is -3.33. The van der Waals surface area contributed by atoms with E-state index in [2.05, 4.69) is 24.2 Å². The number of thiophene rings is 1. The minimum absolute atomic E-state index is 0.317. The van der Waals surface area contributed by atoms with E-state index in [4.69, 9.17) is 0 Å². The molecule has 0 aromatic carbocycles. The summed E-state index contributed by atoms with van der Waals surface area (Å²) in [4.78, 5) is 3.36. The van der Waals surface area contributed by atoms with E-state index >= 15 is 0 Å². The second-order valence-corrected chi connectivity index (χ2v) is 8.81. The fourth-order valence-electron chi connectivity index (χ4n) is 2.58. The van der Waals surface area contributed by atoms with Crippen LogP contribution in [-0.4, -0.2) is 63.9 Å². The Morgan fingerprint density at radius 2 is 2.14 bits per heavy atom. The summed E-state index contributed by atoms with van der Waals surface area (Å²) in [7, 11) is 0.644. The summed E-state index contributed by atoms with van der Waals surface area (Å²) in [5.41, 5.74) is 0. The van der Waals surface area contributed by atoms with Crippen LogP contribution in [0.2, 0.25) is 0 Å². The number of piperazine rings is 1. The van der Waals surface area contributed by atoms with Crippen molar-refractivity contribution in [3.63, 3.8) is 0 Å². The second-order valence-electron chi connectivity index (χ2n) is 5.48. The van der Waals surface area contributed by atoms with Crippen LogP contribution < -0.4 is 5.32 Å². The second kappa shape index (κ2) is 7.19. The zero-order valence-electron chi connectivity index (χ0n) is 13.0. The van der Waals surface area contributed by atoms with Crippen molar-refractivity contribution < 1.29 is 8.42 Å². The first-order valence-corrected chi connectivity index (χ1v) is 9.68. The first-order chi connectivity index (χ1) is 9.98. The lowest BCUT2D eigenvalue weighted by Crippen LogP contribution is -2.52. The molecule has 2 rings (SSSR count). The maximum Gasteiger partial charge on any atom is 0.252 e. The van der Waals surface area contributed by atoms with Gasteiger partial charge in [0.05, 0.1) is 0 Å². The third-order valence-electron chi connectivity index (χ3n) is 4.06. The van der Waals surface area contributed by atoms with Gasteiger partial charge in [-0.3, -0.25) is 0 Å². The first-order valence-electron chi connectivity index (χ1n) is 7.42.